The molecule has 21 heavy (non-hydrogen) atoms. The average Bonchev–Trinajstić information content (AvgIpc) is 2.89. The number of nitrogens with zero attached hydrogens (tertiary/aromatic N) is 2. The van der Waals surface area contributed by atoms with Crippen molar-refractivity contribution in [3.8, 4) is 0 Å². The van der Waals surface area contributed by atoms with Crippen molar-refractivity contribution in [2.24, 2.45) is 0 Å². The normalized spacial score (nSPS) is 22.8. The Morgan fingerprint density at radius 3 is 2.52 bits per heavy atom. The Morgan fingerprint density at radius 2 is 2.05 bits per heavy atom. The number of nitrogens with two attached hydrogens (primary N) is 1. The van der Waals surface area contributed by atoms with Gasteiger partial charge in [0.25, 0.3) is 0 Å². The molecule has 1 aromatic heterocycles. The van der Waals surface area contributed by atoms with E-state index in [1.165, 1.54) is 0 Å². The Labute approximate surface area is 127 Å². The first-order valence-electron chi connectivity index (χ1n) is 7.85. The van der Waals surface area contributed by atoms with Crippen LogP contribution in [0.3, 0.4) is 0 Å². The molecule has 1 aromatic rings. The zero-order valence-electron chi connectivity index (χ0n) is 13.5. The van der Waals surface area contributed by atoms with Crippen LogP contribution in [-0.4, -0.2) is 29.7 Å². The molecule has 0 aromatic carbocycles. The van der Waals surface area contributed by atoms with Gasteiger partial charge in [-0.15, -0.1) is 0 Å². The van der Waals surface area contributed by atoms with Gasteiger partial charge in [0, 0.05) is 11.5 Å². The molecule has 0 amide bonds. The molecule has 2 atom stereocenters. The second kappa shape index (κ2) is 5.99. The van der Waals surface area contributed by atoms with Gasteiger partial charge in [-0.2, -0.15) is 5.10 Å². The van der Waals surface area contributed by atoms with Crippen molar-refractivity contribution in [1.82, 2.24) is 9.78 Å². The van der Waals surface area contributed by atoms with Crippen LogP contribution < -0.4 is 5.73 Å². The third-order valence-corrected chi connectivity index (χ3v) is 6.08. The van der Waals surface area contributed by atoms with Crippen molar-refractivity contribution in [2.45, 2.75) is 64.8 Å². The molecular formula is C15H27N3O2S. The summed E-state index contributed by atoms with van der Waals surface area (Å²) in [6.07, 6.45) is 2.79. The largest absolute Gasteiger partial charge is 0.384 e. The van der Waals surface area contributed by atoms with Crippen molar-refractivity contribution in [1.29, 1.82) is 0 Å². The van der Waals surface area contributed by atoms with Crippen LogP contribution in [0.4, 0.5) is 5.82 Å². The minimum atomic E-state index is -2.93. The fraction of sp³-hybridized carbons (Fsp3) is 0.800. The highest BCUT2D eigenvalue weighted by molar-refractivity contribution is 7.91. The lowest BCUT2D eigenvalue weighted by atomic mass is 9.93. The van der Waals surface area contributed by atoms with E-state index in [4.69, 9.17) is 10.8 Å². The second-order valence-corrected chi connectivity index (χ2v) is 8.76. The van der Waals surface area contributed by atoms with E-state index in [0.29, 0.717) is 24.1 Å². The minimum absolute atomic E-state index is 0.102. The maximum atomic E-state index is 11.7. The zero-order chi connectivity index (χ0) is 15.8. The van der Waals surface area contributed by atoms with E-state index in [1.807, 2.05) is 0 Å². The fourth-order valence-corrected chi connectivity index (χ4v) is 4.94. The van der Waals surface area contributed by atoms with Crippen LogP contribution in [0.25, 0.3) is 0 Å². The average molecular weight is 313 g/mol. The van der Waals surface area contributed by atoms with Crippen LogP contribution in [-0.2, 0) is 9.84 Å². The summed E-state index contributed by atoms with van der Waals surface area (Å²) in [5.41, 5.74) is 8.46. The van der Waals surface area contributed by atoms with Crippen molar-refractivity contribution >= 4 is 15.7 Å². The molecule has 5 nitrogen and oxygen atoms in total. The standard InChI is InChI=1S/C15H27N3O2S/c1-5-6-11(4)14-13(10(2)3)15(16)18(17-14)12-7-8-21(19,20)9-12/h10-12H,5-9,16H2,1-4H3. The highest BCUT2D eigenvalue weighted by Gasteiger charge is 2.33. The van der Waals surface area contributed by atoms with Gasteiger partial charge in [-0.3, -0.25) is 0 Å². The molecule has 2 N–H and O–H groups in total. The predicted octanol–water partition coefficient (Wildman–Crippen LogP) is 2.85. The van der Waals surface area contributed by atoms with E-state index in [1.54, 1.807) is 4.68 Å². The number of hydrogen-bond acceptors (Lipinski definition) is 4. The van der Waals surface area contributed by atoms with E-state index < -0.39 is 9.84 Å². The molecule has 120 valence electrons. The summed E-state index contributed by atoms with van der Waals surface area (Å²) in [7, 11) is -2.93. The van der Waals surface area contributed by atoms with Gasteiger partial charge in [0.05, 0.1) is 23.2 Å². The maximum Gasteiger partial charge on any atom is 0.152 e. The lowest BCUT2D eigenvalue weighted by Gasteiger charge is -2.12. The molecule has 0 spiro atoms. The Balaban J connectivity index is 2.42. The van der Waals surface area contributed by atoms with Gasteiger partial charge in [-0.25, -0.2) is 13.1 Å². The van der Waals surface area contributed by atoms with Crippen LogP contribution in [0.5, 0.6) is 0 Å². The monoisotopic (exact) mass is 313 g/mol. The van der Waals surface area contributed by atoms with Gasteiger partial charge >= 0.3 is 0 Å². The first-order valence-corrected chi connectivity index (χ1v) is 9.67. The van der Waals surface area contributed by atoms with Gasteiger partial charge in [0.1, 0.15) is 5.82 Å². The molecule has 2 rings (SSSR count). The highest BCUT2D eigenvalue weighted by atomic mass is 32.2. The van der Waals surface area contributed by atoms with Crippen molar-refractivity contribution in [2.75, 3.05) is 17.2 Å². The van der Waals surface area contributed by atoms with Gasteiger partial charge in [0.15, 0.2) is 9.84 Å². The number of nitrogen functional groups attached to an aromatic ring is 1. The summed E-state index contributed by atoms with van der Waals surface area (Å²) in [4.78, 5) is 0. The number of hydrogen-bond donors (Lipinski definition) is 1. The summed E-state index contributed by atoms with van der Waals surface area (Å²) in [5, 5.41) is 4.72. The topological polar surface area (TPSA) is 78.0 Å². The summed E-state index contributed by atoms with van der Waals surface area (Å²) < 4.78 is 25.2. The quantitative estimate of drug-likeness (QED) is 0.906. The zero-order valence-corrected chi connectivity index (χ0v) is 14.3. The number of anilines is 1. The van der Waals surface area contributed by atoms with Crippen LogP contribution in [0.15, 0.2) is 0 Å². The molecule has 1 aliphatic rings. The van der Waals surface area contributed by atoms with Gasteiger partial charge in [-0.1, -0.05) is 34.1 Å². The Bertz CT molecular complexity index is 605. The molecule has 1 fully saturated rings. The molecule has 2 unspecified atom stereocenters. The molecule has 0 bridgehead atoms. The van der Waals surface area contributed by atoms with Gasteiger partial charge in [0.2, 0.25) is 0 Å². The minimum Gasteiger partial charge on any atom is -0.384 e. The van der Waals surface area contributed by atoms with E-state index in [9.17, 15) is 8.42 Å². The van der Waals surface area contributed by atoms with Crippen LogP contribution in [0, 0.1) is 0 Å². The molecule has 6 heteroatoms. The predicted molar refractivity (Wildman–Crippen MR) is 86.4 cm³/mol. The SMILES string of the molecule is CCCC(C)c1nn(C2CCS(=O)(=O)C2)c(N)c1C(C)C. The van der Waals surface area contributed by atoms with Crippen LogP contribution in [0.2, 0.25) is 0 Å². The van der Waals surface area contributed by atoms with Gasteiger partial charge in [-0.05, 0) is 18.8 Å². The molecule has 1 saturated heterocycles. The Hall–Kier alpha value is -1.04. The van der Waals surface area contributed by atoms with Crippen molar-refractivity contribution in [3.05, 3.63) is 11.3 Å². The van der Waals surface area contributed by atoms with Gasteiger partial charge < -0.3 is 5.73 Å². The number of aromatic nitrogens is 2. The first-order chi connectivity index (χ1) is 9.76. The third kappa shape index (κ3) is 3.25. The van der Waals surface area contributed by atoms with E-state index in [-0.39, 0.29) is 17.5 Å². The third-order valence-electron chi connectivity index (χ3n) is 4.33. The first kappa shape index (κ1) is 16.3. The smallest absolute Gasteiger partial charge is 0.152 e. The van der Waals surface area contributed by atoms with Crippen LogP contribution >= 0.6 is 0 Å². The molecule has 2 heterocycles. The lowest BCUT2D eigenvalue weighted by Crippen LogP contribution is -2.15. The molecule has 0 aliphatic carbocycles. The summed E-state index contributed by atoms with van der Waals surface area (Å²) in [6.45, 7) is 8.57. The summed E-state index contributed by atoms with van der Waals surface area (Å²) in [6, 6.07) is -0.102. The summed E-state index contributed by atoms with van der Waals surface area (Å²) in [5.74, 6) is 1.72. The lowest BCUT2D eigenvalue weighted by molar-refractivity contribution is 0.494. The highest BCUT2D eigenvalue weighted by Crippen LogP contribution is 2.36. The maximum absolute atomic E-state index is 11.7. The second-order valence-electron chi connectivity index (χ2n) is 6.53. The molecule has 0 saturated carbocycles. The van der Waals surface area contributed by atoms with E-state index in [2.05, 4.69) is 27.7 Å². The Kier molecular flexibility index (Phi) is 4.66. The van der Waals surface area contributed by atoms with Crippen molar-refractivity contribution in [3.63, 3.8) is 0 Å². The van der Waals surface area contributed by atoms with Crippen molar-refractivity contribution < 1.29 is 8.42 Å². The fourth-order valence-electron chi connectivity index (χ4n) is 3.25. The Morgan fingerprint density at radius 1 is 1.38 bits per heavy atom. The van der Waals surface area contributed by atoms with Crippen LogP contribution in [0.1, 0.15) is 76.1 Å². The van der Waals surface area contributed by atoms with E-state index >= 15 is 0 Å². The molecule has 0 radical (unpaired) electrons. The van der Waals surface area contributed by atoms with E-state index in [0.717, 1.165) is 24.1 Å². The molecular weight excluding hydrogens is 286 g/mol. The molecule has 1 aliphatic heterocycles. The number of sulfone groups is 1. The number of rotatable bonds is 5. The summed E-state index contributed by atoms with van der Waals surface area (Å²) >= 11 is 0.